The van der Waals surface area contributed by atoms with Crippen LogP contribution in [0.1, 0.15) is 44.8 Å². The molecule has 2 heterocycles. The number of rotatable bonds is 14. The van der Waals surface area contributed by atoms with Crippen molar-refractivity contribution in [3.05, 3.63) is 36.4 Å². The van der Waals surface area contributed by atoms with E-state index in [4.69, 9.17) is 0 Å². The van der Waals surface area contributed by atoms with Gasteiger partial charge in [-0.2, -0.15) is 0 Å². The zero-order chi connectivity index (χ0) is 17.7. The van der Waals surface area contributed by atoms with E-state index in [1.165, 1.54) is 57.4 Å². The van der Waals surface area contributed by atoms with Crippen LogP contribution in [0.5, 0.6) is 0 Å². The van der Waals surface area contributed by atoms with E-state index in [9.17, 15) is 0 Å². The average Bonchev–Trinajstić information content (AvgIpc) is 3.32. The molecule has 0 aliphatic rings. The van der Waals surface area contributed by atoms with Crippen molar-refractivity contribution in [2.24, 2.45) is 0 Å². The smallest absolute Gasteiger partial charge is 0.106 e. The van der Waals surface area contributed by atoms with Crippen LogP contribution in [0.4, 0.5) is 0 Å². The van der Waals surface area contributed by atoms with E-state index in [0.29, 0.717) is 0 Å². The normalized spacial score (nSPS) is 11.7. The summed E-state index contributed by atoms with van der Waals surface area (Å²) in [6.45, 7) is 8.12. The van der Waals surface area contributed by atoms with Crippen LogP contribution >= 0.6 is 7.92 Å². The first kappa shape index (κ1) is 20.1. The molecule has 25 heavy (non-hydrogen) atoms. The Labute approximate surface area is 153 Å². The number of aryl methyl sites for hydroxylation is 2. The first-order chi connectivity index (χ1) is 12.3. The zero-order valence-electron chi connectivity index (χ0n) is 15.9. The van der Waals surface area contributed by atoms with Crippen LogP contribution in [0.3, 0.4) is 0 Å². The molecule has 0 aliphatic carbocycles. The molecule has 140 valence electrons. The van der Waals surface area contributed by atoms with Crippen LogP contribution in [0.2, 0.25) is 0 Å². The Hall–Kier alpha value is -1.19. The molecule has 0 radical (unpaired) electrons. The number of hydrogen-bond donors (Lipinski definition) is 2. The molecular formula is C19H34N5P. The Morgan fingerprint density at radius 1 is 0.840 bits per heavy atom. The Bertz CT molecular complexity index is 482. The minimum atomic E-state index is 0.125. The van der Waals surface area contributed by atoms with E-state index in [0.717, 1.165) is 24.5 Å². The molecule has 0 spiro atoms. The van der Waals surface area contributed by atoms with Gasteiger partial charge in [-0.1, -0.05) is 13.8 Å². The van der Waals surface area contributed by atoms with Gasteiger partial charge in [-0.15, -0.1) is 7.92 Å². The van der Waals surface area contributed by atoms with Gasteiger partial charge in [-0.3, -0.25) is 0 Å². The van der Waals surface area contributed by atoms with Crippen molar-refractivity contribution in [2.45, 2.75) is 46.0 Å². The van der Waals surface area contributed by atoms with Crippen molar-refractivity contribution in [1.82, 2.24) is 24.8 Å². The lowest BCUT2D eigenvalue weighted by molar-refractivity contribution is 0.305. The van der Waals surface area contributed by atoms with Crippen LogP contribution < -0.4 is 0 Å². The van der Waals surface area contributed by atoms with Gasteiger partial charge in [-0.25, -0.2) is 9.97 Å². The molecule has 0 amide bonds. The van der Waals surface area contributed by atoms with Crippen molar-refractivity contribution in [3.63, 3.8) is 0 Å². The van der Waals surface area contributed by atoms with Gasteiger partial charge in [0.2, 0.25) is 0 Å². The number of imidazole rings is 2. The Balaban J connectivity index is 1.70. The molecule has 2 aromatic heterocycles. The van der Waals surface area contributed by atoms with E-state index in [2.05, 4.69) is 38.7 Å². The van der Waals surface area contributed by atoms with Crippen LogP contribution in [0.25, 0.3) is 0 Å². The fraction of sp³-hybridized carbons (Fsp3) is 0.684. The average molecular weight is 363 g/mol. The number of aromatic nitrogens is 4. The van der Waals surface area contributed by atoms with Gasteiger partial charge in [-0.05, 0) is 57.4 Å². The summed E-state index contributed by atoms with van der Waals surface area (Å²) in [5.74, 6) is 2.27. The van der Waals surface area contributed by atoms with E-state index in [-0.39, 0.29) is 7.92 Å². The molecule has 0 bridgehead atoms. The third kappa shape index (κ3) is 8.15. The first-order valence-corrected chi connectivity index (χ1v) is 11.6. The fourth-order valence-electron chi connectivity index (χ4n) is 3.20. The highest BCUT2D eigenvalue weighted by molar-refractivity contribution is 7.57. The van der Waals surface area contributed by atoms with Crippen LogP contribution in [-0.4, -0.2) is 63.0 Å². The van der Waals surface area contributed by atoms with E-state index in [1.807, 2.05) is 24.8 Å². The molecule has 6 heteroatoms. The molecule has 2 N–H and O–H groups in total. The van der Waals surface area contributed by atoms with Crippen molar-refractivity contribution >= 4 is 7.92 Å². The Morgan fingerprint density at radius 2 is 1.36 bits per heavy atom. The zero-order valence-corrected chi connectivity index (χ0v) is 16.8. The highest BCUT2D eigenvalue weighted by atomic mass is 31.1. The van der Waals surface area contributed by atoms with E-state index >= 15 is 0 Å². The third-order valence-corrected chi connectivity index (χ3v) is 7.57. The van der Waals surface area contributed by atoms with Crippen molar-refractivity contribution in [3.8, 4) is 0 Å². The van der Waals surface area contributed by atoms with E-state index < -0.39 is 0 Å². The van der Waals surface area contributed by atoms with Crippen LogP contribution in [-0.2, 0) is 12.8 Å². The molecule has 5 nitrogen and oxygen atoms in total. The van der Waals surface area contributed by atoms with E-state index in [1.54, 1.807) is 0 Å². The minimum Gasteiger partial charge on any atom is -0.349 e. The monoisotopic (exact) mass is 363 g/mol. The summed E-state index contributed by atoms with van der Waals surface area (Å²) >= 11 is 0. The molecule has 0 aliphatic heterocycles. The predicted octanol–water partition coefficient (Wildman–Crippen LogP) is 3.91. The summed E-state index contributed by atoms with van der Waals surface area (Å²) in [4.78, 5) is 17.7. The first-order valence-electron chi connectivity index (χ1n) is 9.73. The summed E-state index contributed by atoms with van der Waals surface area (Å²) in [5, 5.41) is 0. The van der Waals surface area contributed by atoms with Gasteiger partial charge >= 0.3 is 0 Å². The topological polar surface area (TPSA) is 60.6 Å². The van der Waals surface area contributed by atoms with Crippen LogP contribution in [0, 0.1) is 0 Å². The molecule has 2 rings (SSSR count). The number of hydrogen-bond acceptors (Lipinski definition) is 3. The molecule has 0 aromatic carbocycles. The summed E-state index contributed by atoms with van der Waals surface area (Å²) in [7, 11) is 0.125. The number of nitrogens with one attached hydrogen (secondary N) is 2. The predicted molar refractivity (Wildman–Crippen MR) is 108 cm³/mol. The van der Waals surface area contributed by atoms with Gasteiger partial charge in [0.05, 0.1) is 0 Å². The summed E-state index contributed by atoms with van der Waals surface area (Å²) in [6.07, 6.45) is 17.7. The molecule has 0 saturated heterocycles. The molecule has 0 fully saturated rings. The molecule has 0 saturated carbocycles. The lowest BCUT2D eigenvalue weighted by Crippen LogP contribution is -2.24. The third-order valence-electron chi connectivity index (χ3n) is 4.73. The number of aromatic amines is 2. The largest absolute Gasteiger partial charge is 0.349 e. The second-order valence-electron chi connectivity index (χ2n) is 6.50. The molecule has 0 atom stereocenters. The maximum atomic E-state index is 4.35. The fourth-order valence-corrected chi connectivity index (χ4v) is 5.67. The van der Waals surface area contributed by atoms with Gasteiger partial charge in [0.25, 0.3) is 0 Å². The summed E-state index contributed by atoms with van der Waals surface area (Å²) < 4.78 is 0. The Morgan fingerprint density at radius 3 is 1.80 bits per heavy atom. The summed E-state index contributed by atoms with van der Waals surface area (Å²) in [5.41, 5.74) is 0. The minimum absolute atomic E-state index is 0.125. The summed E-state index contributed by atoms with van der Waals surface area (Å²) in [6, 6.07) is 0. The van der Waals surface area contributed by atoms with Gasteiger partial charge in [0.15, 0.2) is 0 Å². The highest BCUT2D eigenvalue weighted by Gasteiger charge is 2.10. The quantitative estimate of drug-likeness (QED) is 0.500. The molecule has 2 aromatic rings. The SMILES string of the molecule is CCN(CC)CCCP(CCCc1ncc[nH]1)CCCc1ncc[nH]1. The van der Waals surface area contributed by atoms with Gasteiger partial charge in [0, 0.05) is 37.6 Å². The second-order valence-corrected chi connectivity index (χ2v) is 9.18. The maximum Gasteiger partial charge on any atom is 0.106 e. The second kappa shape index (κ2) is 12.2. The van der Waals surface area contributed by atoms with Crippen LogP contribution in [0.15, 0.2) is 24.8 Å². The van der Waals surface area contributed by atoms with Crippen molar-refractivity contribution < 1.29 is 0 Å². The van der Waals surface area contributed by atoms with Gasteiger partial charge in [0.1, 0.15) is 11.6 Å². The van der Waals surface area contributed by atoms with Crippen molar-refractivity contribution in [1.29, 1.82) is 0 Å². The highest BCUT2D eigenvalue weighted by Crippen LogP contribution is 2.38. The Kier molecular flexibility index (Phi) is 9.83. The van der Waals surface area contributed by atoms with Crippen molar-refractivity contribution in [2.75, 3.05) is 38.1 Å². The number of H-pyrrole nitrogens is 2. The number of nitrogens with zero attached hydrogens (tertiary/aromatic N) is 3. The maximum absolute atomic E-state index is 4.35. The molecule has 0 unspecified atom stereocenters. The molecular weight excluding hydrogens is 329 g/mol. The lowest BCUT2D eigenvalue weighted by Gasteiger charge is -2.21. The van der Waals surface area contributed by atoms with Gasteiger partial charge < -0.3 is 14.9 Å². The lowest BCUT2D eigenvalue weighted by atomic mass is 10.3. The standard InChI is InChI=1S/C19H34N5P/c1-3-24(4-2)14-7-17-25(15-5-8-18-20-10-11-21-18)16-6-9-19-22-12-13-23-19/h10-13H,3-9,14-17H2,1-2H3,(H,20,21)(H,22,23).